The molecule has 0 atom stereocenters. The van der Waals surface area contributed by atoms with Gasteiger partial charge in [0.15, 0.2) is 0 Å². The summed E-state index contributed by atoms with van der Waals surface area (Å²) in [6, 6.07) is 6.08. The van der Waals surface area contributed by atoms with Crippen molar-refractivity contribution in [3.05, 3.63) is 35.7 Å². The molecule has 21 heavy (non-hydrogen) atoms. The predicted octanol–water partition coefficient (Wildman–Crippen LogP) is 3.83. The van der Waals surface area contributed by atoms with Crippen LogP contribution in [0.2, 0.25) is 0 Å². The highest BCUT2D eigenvalue weighted by molar-refractivity contribution is 5.71. The highest BCUT2D eigenvalue weighted by atomic mass is 19.3. The molecule has 110 valence electrons. The van der Waals surface area contributed by atoms with E-state index in [9.17, 15) is 8.78 Å². The van der Waals surface area contributed by atoms with Crippen LogP contribution >= 0.6 is 0 Å². The largest absolute Gasteiger partial charge is 0.383 e. The minimum atomic E-state index is -2.52. The number of aromatic nitrogens is 2. The number of hydrogen-bond donors (Lipinski definition) is 1. The van der Waals surface area contributed by atoms with Crippen LogP contribution in [-0.4, -0.2) is 9.55 Å². The second-order valence-corrected chi connectivity index (χ2v) is 5.07. The van der Waals surface area contributed by atoms with E-state index in [-0.39, 0.29) is 11.5 Å². The Balaban J connectivity index is 2.57. The van der Waals surface area contributed by atoms with E-state index in [0.29, 0.717) is 23.6 Å². The minimum absolute atomic E-state index is 0.0514. The number of benzene rings is 1. The van der Waals surface area contributed by atoms with Crippen LogP contribution in [0.1, 0.15) is 37.6 Å². The Bertz CT molecular complexity index is 681. The lowest BCUT2D eigenvalue weighted by atomic mass is 10.1. The monoisotopic (exact) mass is 289 g/mol. The first-order valence-corrected chi connectivity index (χ1v) is 6.63. The lowest BCUT2D eigenvalue weighted by Crippen LogP contribution is -2.07. The highest BCUT2D eigenvalue weighted by Gasteiger charge is 2.18. The van der Waals surface area contributed by atoms with Gasteiger partial charge in [-0.15, -0.1) is 6.42 Å². The van der Waals surface area contributed by atoms with Crippen molar-refractivity contribution >= 4 is 5.82 Å². The Kier molecular flexibility index (Phi) is 4.27. The molecule has 0 amide bonds. The molecule has 0 spiro atoms. The van der Waals surface area contributed by atoms with E-state index >= 15 is 0 Å². The van der Waals surface area contributed by atoms with Crippen LogP contribution in [0.25, 0.3) is 11.3 Å². The summed E-state index contributed by atoms with van der Waals surface area (Å²) in [6.45, 7) is 4.27. The summed E-state index contributed by atoms with van der Waals surface area (Å²) in [5.41, 5.74) is 7.12. The summed E-state index contributed by atoms with van der Waals surface area (Å²) in [5, 5.41) is 0. The van der Waals surface area contributed by atoms with Crippen molar-refractivity contribution in [2.45, 2.75) is 32.7 Å². The number of imidazole rings is 1. The Morgan fingerprint density at radius 2 is 2.10 bits per heavy atom. The maximum absolute atomic E-state index is 12.8. The van der Waals surface area contributed by atoms with Gasteiger partial charge in [0.1, 0.15) is 17.3 Å². The molecule has 2 N–H and O–H groups in total. The maximum Gasteiger partial charge on any atom is 0.263 e. The maximum atomic E-state index is 12.8. The predicted molar refractivity (Wildman–Crippen MR) is 80.0 cm³/mol. The van der Waals surface area contributed by atoms with Gasteiger partial charge < -0.3 is 10.3 Å². The molecule has 2 rings (SSSR count). The highest BCUT2D eigenvalue weighted by Crippen LogP contribution is 2.31. The average Bonchev–Trinajstić information content (AvgIpc) is 2.77. The first-order chi connectivity index (χ1) is 9.95. The number of anilines is 1. The molecular formula is C16H17F2N3. The van der Waals surface area contributed by atoms with Crippen molar-refractivity contribution in [3.8, 4) is 23.6 Å². The number of nitrogens with two attached hydrogens (primary N) is 1. The van der Waals surface area contributed by atoms with Crippen molar-refractivity contribution in [2.75, 3.05) is 5.73 Å². The molecule has 1 aromatic carbocycles. The molecule has 0 aliphatic rings. The normalized spacial score (nSPS) is 11.1. The second kappa shape index (κ2) is 5.96. The summed E-state index contributed by atoms with van der Waals surface area (Å²) in [5.74, 6) is 3.83. The molecule has 0 fully saturated rings. The molecule has 0 saturated carbocycles. The molecule has 0 radical (unpaired) electrons. The average molecular weight is 289 g/mol. The molecule has 0 unspecified atom stereocenters. The molecule has 3 nitrogen and oxygen atoms in total. The van der Waals surface area contributed by atoms with E-state index in [1.165, 1.54) is 12.1 Å². The van der Waals surface area contributed by atoms with Crippen LogP contribution in [-0.2, 0) is 6.54 Å². The van der Waals surface area contributed by atoms with Crippen LogP contribution in [0, 0.1) is 12.3 Å². The first-order valence-electron chi connectivity index (χ1n) is 6.63. The Hall–Kier alpha value is -2.35. The lowest BCUT2D eigenvalue weighted by molar-refractivity contribution is 0.151. The number of alkyl halides is 2. The summed E-state index contributed by atoms with van der Waals surface area (Å²) < 4.78 is 27.4. The van der Waals surface area contributed by atoms with E-state index in [0.717, 1.165) is 5.82 Å². The van der Waals surface area contributed by atoms with E-state index in [1.807, 2.05) is 13.8 Å². The van der Waals surface area contributed by atoms with Gasteiger partial charge in [-0.05, 0) is 6.07 Å². The van der Waals surface area contributed by atoms with Gasteiger partial charge in [0.05, 0.1) is 6.54 Å². The molecule has 5 heteroatoms. The van der Waals surface area contributed by atoms with Crippen LogP contribution < -0.4 is 5.73 Å². The van der Waals surface area contributed by atoms with Gasteiger partial charge >= 0.3 is 0 Å². The molecule has 1 aromatic heterocycles. The van der Waals surface area contributed by atoms with Crippen LogP contribution in [0.3, 0.4) is 0 Å². The fraction of sp³-hybridized carbons (Fsp3) is 0.312. The summed E-state index contributed by atoms with van der Waals surface area (Å²) >= 11 is 0. The van der Waals surface area contributed by atoms with Crippen LogP contribution in [0.4, 0.5) is 14.6 Å². The lowest BCUT2D eigenvalue weighted by Gasteiger charge is -2.08. The molecule has 0 aliphatic carbocycles. The molecule has 2 aromatic rings. The fourth-order valence-corrected chi connectivity index (χ4v) is 2.22. The number of terminal acetylenes is 1. The summed E-state index contributed by atoms with van der Waals surface area (Å²) in [6.07, 6.45) is 2.83. The summed E-state index contributed by atoms with van der Waals surface area (Å²) in [4.78, 5) is 4.50. The third-order valence-electron chi connectivity index (χ3n) is 3.21. The fourth-order valence-electron chi connectivity index (χ4n) is 2.22. The zero-order valence-corrected chi connectivity index (χ0v) is 12.0. The first kappa shape index (κ1) is 15.0. The number of hydrogen-bond acceptors (Lipinski definition) is 2. The van der Waals surface area contributed by atoms with Crippen molar-refractivity contribution in [1.82, 2.24) is 9.55 Å². The molecule has 0 saturated heterocycles. The molecular weight excluding hydrogens is 272 g/mol. The molecule has 1 heterocycles. The van der Waals surface area contributed by atoms with E-state index in [1.54, 1.807) is 16.7 Å². The van der Waals surface area contributed by atoms with Crippen molar-refractivity contribution in [2.24, 2.45) is 0 Å². The van der Waals surface area contributed by atoms with Gasteiger partial charge in [0, 0.05) is 17.0 Å². The zero-order chi connectivity index (χ0) is 15.6. The Labute approximate surface area is 122 Å². The van der Waals surface area contributed by atoms with E-state index in [2.05, 4.69) is 10.9 Å². The van der Waals surface area contributed by atoms with Gasteiger partial charge in [0.25, 0.3) is 6.43 Å². The minimum Gasteiger partial charge on any atom is -0.383 e. The standard InChI is InChI=1S/C16H17F2N3/c1-4-8-21-15(19)13(20-16(21)10(2)3)11-6-5-7-12(9-11)14(17)18/h1,5-7,9-10,14H,8,19H2,2-3H3. The van der Waals surface area contributed by atoms with Crippen LogP contribution in [0.5, 0.6) is 0 Å². The quantitative estimate of drug-likeness (QED) is 0.869. The van der Waals surface area contributed by atoms with Gasteiger partial charge in [-0.3, -0.25) is 0 Å². The third-order valence-corrected chi connectivity index (χ3v) is 3.21. The Morgan fingerprint density at radius 1 is 1.38 bits per heavy atom. The number of rotatable bonds is 4. The Morgan fingerprint density at radius 3 is 2.67 bits per heavy atom. The van der Waals surface area contributed by atoms with Crippen LogP contribution in [0.15, 0.2) is 24.3 Å². The third kappa shape index (κ3) is 2.89. The van der Waals surface area contributed by atoms with Crippen molar-refractivity contribution in [3.63, 3.8) is 0 Å². The topological polar surface area (TPSA) is 43.8 Å². The number of halogens is 2. The molecule has 0 aliphatic heterocycles. The van der Waals surface area contributed by atoms with E-state index in [4.69, 9.17) is 12.2 Å². The number of nitrogen functional groups attached to an aromatic ring is 1. The number of nitrogens with zero attached hydrogens (tertiary/aromatic N) is 2. The van der Waals surface area contributed by atoms with E-state index < -0.39 is 6.43 Å². The van der Waals surface area contributed by atoms with Gasteiger partial charge in [-0.2, -0.15) is 0 Å². The summed E-state index contributed by atoms with van der Waals surface area (Å²) in [7, 11) is 0. The molecule has 0 bridgehead atoms. The SMILES string of the molecule is C#CCn1c(C(C)C)nc(-c2cccc(C(F)F)c2)c1N. The second-order valence-electron chi connectivity index (χ2n) is 5.07. The zero-order valence-electron chi connectivity index (χ0n) is 12.0. The van der Waals surface area contributed by atoms with Crippen molar-refractivity contribution in [1.29, 1.82) is 0 Å². The van der Waals surface area contributed by atoms with Gasteiger partial charge in [-0.25, -0.2) is 13.8 Å². The van der Waals surface area contributed by atoms with Gasteiger partial charge in [-0.1, -0.05) is 38.0 Å². The smallest absolute Gasteiger partial charge is 0.263 e. The van der Waals surface area contributed by atoms with Gasteiger partial charge in [0.2, 0.25) is 0 Å². The van der Waals surface area contributed by atoms with Crippen molar-refractivity contribution < 1.29 is 8.78 Å².